The highest BCUT2D eigenvalue weighted by Gasteiger charge is 2.22. The van der Waals surface area contributed by atoms with Gasteiger partial charge in [0, 0.05) is 36.6 Å². The molecule has 0 atom stereocenters. The number of carboxylic acid groups (broad SMARTS) is 1. The van der Waals surface area contributed by atoms with Crippen LogP contribution in [0.25, 0.3) is 5.57 Å². The van der Waals surface area contributed by atoms with Crippen LogP contribution in [0.3, 0.4) is 0 Å². The minimum atomic E-state index is -0.802. The number of aliphatic carboxylic acids is 1. The Labute approximate surface area is 189 Å². The number of carbonyl (C=O) groups is 1. The van der Waals surface area contributed by atoms with Gasteiger partial charge >= 0.3 is 5.97 Å². The smallest absolute Gasteiger partial charge is 0.303 e. The Bertz CT molecular complexity index is 1030. The lowest BCUT2D eigenvalue weighted by Gasteiger charge is -2.32. The SMILES string of the molecule is Cc1ccc(/C(=C\CCCC(=O)O)c2cccnc2)cc1N(CC(C)(C)C)C(N)=NC#N. The average molecular weight is 434 g/mol. The Morgan fingerprint density at radius 2 is 2.06 bits per heavy atom. The van der Waals surface area contributed by atoms with Gasteiger partial charge in [0.2, 0.25) is 12.2 Å². The quantitative estimate of drug-likeness (QED) is 0.269. The van der Waals surface area contributed by atoms with E-state index in [-0.39, 0.29) is 17.8 Å². The number of nitriles is 1. The summed E-state index contributed by atoms with van der Waals surface area (Å²) in [4.78, 5) is 20.8. The van der Waals surface area contributed by atoms with E-state index in [1.807, 2.05) is 42.2 Å². The first-order chi connectivity index (χ1) is 15.1. The lowest BCUT2D eigenvalue weighted by atomic mass is 9.93. The Kier molecular flexibility index (Phi) is 8.54. The Morgan fingerprint density at radius 3 is 2.66 bits per heavy atom. The van der Waals surface area contributed by atoms with Crippen molar-refractivity contribution in [3.63, 3.8) is 0 Å². The number of unbranched alkanes of at least 4 members (excludes halogenated alkanes) is 1. The molecule has 7 heteroatoms. The van der Waals surface area contributed by atoms with Crippen LogP contribution in [0.4, 0.5) is 5.69 Å². The predicted molar refractivity (Wildman–Crippen MR) is 128 cm³/mol. The molecule has 0 unspecified atom stereocenters. The number of pyridine rings is 1. The summed E-state index contributed by atoms with van der Waals surface area (Å²) >= 11 is 0. The van der Waals surface area contributed by atoms with Gasteiger partial charge in [-0.2, -0.15) is 5.26 Å². The van der Waals surface area contributed by atoms with Crippen molar-refractivity contribution in [3.8, 4) is 6.19 Å². The second kappa shape index (κ2) is 11.1. The number of allylic oxidation sites excluding steroid dienone is 1. The molecule has 7 nitrogen and oxygen atoms in total. The number of aromatic nitrogens is 1. The van der Waals surface area contributed by atoms with Gasteiger partial charge in [0.05, 0.1) is 0 Å². The van der Waals surface area contributed by atoms with E-state index in [0.29, 0.717) is 19.4 Å². The van der Waals surface area contributed by atoms with E-state index in [2.05, 4.69) is 36.8 Å². The van der Waals surface area contributed by atoms with Crippen LogP contribution in [0.2, 0.25) is 0 Å². The highest BCUT2D eigenvalue weighted by Crippen LogP contribution is 2.31. The van der Waals surface area contributed by atoms with Gasteiger partial charge < -0.3 is 15.7 Å². The molecule has 0 aliphatic carbocycles. The summed E-state index contributed by atoms with van der Waals surface area (Å²) in [6, 6.07) is 9.94. The van der Waals surface area contributed by atoms with Gasteiger partial charge in [-0.1, -0.05) is 45.0 Å². The van der Waals surface area contributed by atoms with Crippen LogP contribution in [-0.4, -0.2) is 28.6 Å². The highest BCUT2D eigenvalue weighted by atomic mass is 16.4. The monoisotopic (exact) mass is 433 g/mol. The molecular weight excluding hydrogens is 402 g/mol. The van der Waals surface area contributed by atoms with Crippen molar-refractivity contribution in [2.75, 3.05) is 11.4 Å². The summed E-state index contributed by atoms with van der Waals surface area (Å²) in [6.45, 7) is 8.88. The van der Waals surface area contributed by atoms with Crippen molar-refractivity contribution in [2.24, 2.45) is 16.1 Å². The topological polar surface area (TPSA) is 116 Å². The lowest BCUT2D eigenvalue weighted by Crippen LogP contribution is -2.42. The van der Waals surface area contributed by atoms with Crippen molar-refractivity contribution >= 4 is 23.2 Å². The number of hydrogen-bond donors (Lipinski definition) is 2. The number of anilines is 1. The predicted octanol–water partition coefficient (Wildman–Crippen LogP) is 4.72. The van der Waals surface area contributed by atoms with Crippen molar-refractivity contribution in [3.05, 3.63) is 65.5 Å². The molecular formula is C25H31N5O2. The lowest BCUT2D eigenvalue weighted by molar-refractivity contribution is -0.137. The first-order valence-corrected chi connectivity index (χ1v) is 10.6. The minimum absolute atomic E-state index is 0.0864. The molecule has 2 aromatic rings. The fourth-order valence-corrected chi connectivity index (χ4v) is 3.37. The molecule has 0 aliphatic heterocycles. The molecule has 1 aromatic carbocycles. The van der Waals surface area contributed by atoms with Gasteiger partial charge in [0.25, 0.3) is 0 Å². The second-order valence-electron chi connectivity index (χ2n) is 8.86. The summed E-state index contributed by atoms with van der Waals surface area (Å²) < 4.78 is 0. The molecule has 0 fully saturated rings. The third kappa shape index (κ3) is 7.24. The zero-order valence-corrected chi connectivity index (χ0v) is 19.2. The average Bonchev–Trinajstić information content (AvgIpc) is 2.73. The Morgan fingerprint density at radius 1 is 1.31 bits per heavy atom. The first kappa shape index (κ1) is 24.6. The molecule has 0 saturated carbocycles. The number of aryl methyl sites for hydroxylation is 1. The Hall–Kier alpha value is -3.66. The zero-order chi connectivity index (χ0) is 23.7. The summed E-state index contributed by atoms with van der Waals surface area (Å²) in [5.74, 6) is -0.653. The van der Waals surface area contributed by atoms with Crippen LogP contribution < -0.4 is 10.6 Å². The van der Waals surface area contributed by atoms with Gasteiger partial charge in [-0.05, 0) is 54.0 Å². The van der Waals surface area contributed by atoms with Crippen LogP contribution in [0.15, 0.2) is 53.8 Å². The number of benzene rings is 1. The molecule has 0 saturated heterocycles. The number of rotatable bonds is 8. The normalized spacial score (nSPS) is 12.3. The maximum atomic E-state index is 10.9. The number of guanidine groups is 1. The van der Waals surface area contributed by atoms with Crippen molar-refractivity contribution in [2.45, 2.75) is 47.0 Å². The molecule has 0 spiro atoms. The molecule has 0 amide bonds. The van der Waals surface area contributed by atoms with Crippen LogP contribution in [-0.2, 0) is 4.79 Å². The van der Waals surface area contributed by atoms with E-state index in [1.165, 1.54) is 0 Å². The highest BCUT2D eigenvalue weighted by molar-refractivity contribution is 5.97. The summed E-state index contributed by atoms with van der Waals surface area (Å²) in [7, 11) is 0. The van der Waals surface area contributed by atoms with Gasteiger partial charge in [-0.25, -0.2) is 0 Å². The van der Waals surface area contributed by atoms with Gasteiger partial charge in [-0.3, -0.25) is 9.78 Å². The number of nitrogens with zero attached hydrogens (tertiary/aromatic N) is 4. The summed E-state index contributed by atoms with van der Waals surface area (Å²) in [5, 5.41) is 18.0. The maximum absolute atomic E-state index is 10.9. The van der Waals surface area contributed by atoms with Crippen LogP contribution in [0.5, 0.6) is 0 Å². The molecule has 3 N–H and O–H groups in total. The maximum Gasteiger partial charge on any atom is 0.303 e. The second-order valence-corrected chi connectivity index (χ2v) is 8.86. The fourth-order valence-electron chi connectivity index (χ4n) is 3.37. The molecule has 1 aromatic heterocycles. The molecule has 168 valence electrons. The summed E-state index contributed by atoms with van der Waals surface area (Å²) in [6.07, 6.45) is 8.65. The molecule has 0 aliphatic rings. The molecule has 2 rings (SSSR count). The van der Waals surface area contributed by atoms with Crippen LogP contribution in [0, 0.1) is 23.8 Å². The fraction of sp³-hybridized carbons (Fsp3) is 0.360. The number of carboxylic acids is 1. The van der Waals surface area contributed by atoms with Crippen LogP contribution >= 0.6 is 0 Å². The molecule has 32 heavy (non-hydrogen) atoms. The molecule has 0 bridgehead atoms. The zero-order valence-electron chi connectivity index (χ0n) is 19.2. The first-order valence-electron chi connectivity index (χ1n) is 10.6. The van der Waals surface area contributed by atoms with Crippen molar-refractivity contribution in [1.82, 2.24) is 4.98 Å². The minimum Gasteiger partial charge on any atom is -0.481 e. The van der Waals surface area contributed by atoms with Gasteiger partial charge in [0.15, 0.2) is 0 Å². The van der Waals surface area contributed by atoms with Crippen molar-refractivity contribution in [1.29, 1.82) is 5.26 Å². The summed E-state index contributed by atoms with van der Waals surface area (Å²) in [5.41, 5.74) is 10.8. The van der Waals surface area contributed by atoms with E-state index in [0.717, 1.165) is 28.0 Å². The molecule has 1 heterocycles. The standard InChI is InChI=1S/C25H31N5O2/c1-18-11-12-19(14-22(18)30(16-25(2,3)4)24(27)29-17-26)21(9-5-6-10-23(31)32)20-8-7-13-28-15-20/h7-9,11-15H,5-6,10,16H2,1-4H3,(H2,27,29)(H,31,32)/b21-9+. The van der Waals surface area contributed by atoms with Crippen molar-refractivity contribution < 1.29 is 9.90 Å². The third-order valence-electron chi connectivity index (χ3n) is 4.80. The van der Waals surface area contributed by atoms with E-state index >= 15 is 0 Å². The van der Waals surface area contributed by atoms with E-state index < -0.39 is 5.97 Å². The number of aliphatic imine (C=N–C) groups is 1. The number of nitrogens with two attached hydrogens (primary N) is 1. The van der Waals surface area contributed by atoms with Gasteiger partial charge in [-0.15, -0.1) is 4.99 Å². The van der Waals surface area contributed by atoms with E-state index in [1.54, 1.807) is 18.6 Å². The molecule has 0 radical (unpaired) electrons. The Balaban J connectivity index is 2.55. The van der Waals surface area contributed by atoms with Crippen LogP contribution in [0.1, 0.15) is 56.7 Å². The third-order valence-corrected chi connectivity index (χ3v) is 4.80. The number of hydrogen-bond acceptors (Lipinski definition) is 4. The largest absolute Gasteiger partial charge is 0.481 e. The van der Waals surface area contributed by atoms with Gasteiger partial charge in [0.1, 0.15) is 0 Å². The van der Waals surface area contributed by atoms with E-state index in [4.69, 9.17) is 16.1 Å². The van der Waals surface area contributed by atoms with E-state index in [9.17, 15) is 4.79 Å².